The van der Waals surface area contributed by atoms with Gasteiger partial charge in [-0.25, -0.2) is 4.98 Å². The van der Waals surface area contributed by atoms with E-state index < -0.39 is 0 Å². The van der Waals surface area contributed by atoms with Crippen molar-refractivity contribution in [2.24, 2.45) is 0 Å². The first kappa shape index (κ1) is 20.0. The van der Waals surface area contributed by atoms with Crippen molar-refractivity contribution in [3.8, 4) is 17.0 Å². The number of hydrogen-bond donors (Lipinski definition) is 1. The van der Waals surface area contributed by atoms with Crippen molar-refractivity contribution in [1.29, 1.82) is 0 Å². The second kappa shape index (κ2) is 8.59. The number of hydrogen-bond acceptors (Lipinski definition) is 4. The molecule has 0 aliphatic heterocycles. The molecule has 5 nitrogen and oxygen atoms in total. The molecule has 4 rings (SSSR count). The van der Waals surface area contributed by atoms with E-state index in [4.69, 9.17) is 15.5 Å². The minimum Gasteiger partial charge on any atom is -0.491 e. The summed E-state index contributed by atoms with van der Waals surface area (Å²) in [6.07, 6.45) is 2.10. The average Bonchev–Trinajstić information content (AvgIpc) is 3.06. The monoisotopic (exact) mass is 400 g/mol. The number of fused-ring (bicyclic) bond motifs is 1. The molecule has 2 aromatic heterocycles. The third-order valence-corrected chi connectivity index (χ3v) is 4.95. The van der Waals surface area contributed by atoms with Crippen molar-refractivity contribution in [2.45, 2.75) is 33.0 Å². The van der Waals surface area contributed by atoms with Gasteiger partial charge in [-0.05, 0) is 62.9 Å². The molecular formula is C25H28N4O. The van der Waals surface area contributed by atoms with Crippen LogP contribution in [0.3, 0.4) is 0 Å². The maximum Gasteiger partial charge on any atom is 0.137 e. The molecule has 0 fully saturated rings. The van der Waals surface area contributed by atoms with Crippen molar-refractivity contribution in [2.75, 3.05) is 12.8 Å². The number of nitrogens with two attached hydrogens (primary N) is 1. The normalized spacial score (nSPS) is 11.5. The number of aromatic nitrogens is 2. The van der Waals surface area contributed by atoms with E-state index in [0.717, 1.165) is 47.1 Å². The predicted molar refractivity (Wildman–Crippen MR) is 122 cm³/mol. The van der Waals surface area contributed by atoms with Crippen LogP contribution in [0.25, 0.3) is 16.9 Å². The molecule has 30 heavy (non-hydrogen) atoms. The Bertz CT molecular complexity index is 1120. The minimum absolute atomic E-state index is 0.149. The molecule has 0 unspecified atom stereocenters. The summed E-state index contributed by atoms with van der Waals surface area (Å²) in [6, 6.07) is 22.5. The van der Waals surface area contributed by atoms with Gasteiger partial charge in [0.1, 0.15) is 11.4 Å². The molecule has 0 saturated carbocycles. The van der Waals surface area contributed by atoms with E-state index in [1.54, 1.807) is 0 Å². The number of benzene rings is 2. The molecule has 154 valence electrons. The summed E-state index contributed by atoms with van der Waals surface area (Å²) in [5.41, 5.74) is 12.1. The van der Waals surface area contributed by atoms with Crippen LogP contribution < -0.4 is 10.5 Å². The largest absolute Gasteiger partial charge is 0.491 e. The van der Waals surface area contributed by atoms with Crippen molar-refractivity contribution >= 4 is 11.3 Å². The van der Waals surface area contributed by atoms with Gasteiger partial charge in [0.2, 0.25) is 0 Å². The van der Waals surface area contributed by atoms with Crippen LogP contribution in [0, 0.1) is 0 Å². The summed E-state index contributed by atoms with van der Waals surface area (Å²) >= 11 is 0. The van der Waals surface area contributed by atoms with Crippen molar-refractivity contribution < 1.29 is 4.74 Å². The second-order valence-corrected chi connectivity index (χ2v) is 7.95. The fourth-order valence-electron chi connectivity index (χ4n) is 3.66. The van der Waals surface area contributed by atoms with Gasteiger partial charge in [-0.15, -0.1) is 0 Å². The van der Waals surface area contributed by atoms with Crippen molar-refractivity contribution in [3.05, 3.63) is 84.2 Å². The van der Waals surface area contributed by atoms with Gasteiger partial charge in [0.15, 0.2) is 0 Å². The van der Waals surface area contributed by atoms with Gasteiger partial charge in [0.05, 0.1) is 17.5 Å². The highest BCUT2D eigenvalue weighted by molar-refractivity contribution is 5.68. The van der Waals surface area contributed by atoms with E-state index >= 15 is 0 Å². The first-order chi connectivity index (χ1) is 14.5. The molecule has 2 N–H and O–H groups in total. The lowest BCUT2D eigenvalue weighted by molar-refractivity contribution is 0.242. The van der Waals surface area contributed by atoms with E-state index in [1.165, 1.54) is 5.56 Å². The van der Waals surface area contributed by atoms with Gasteiger partial charge in [-0.2, -0.15) is 0 Å². The molecule has 0 aliphatic rings. The average molecular weight is 401 g/mol. The standard InChI is InChI=1S/C25H28N4O/c1-18(2)30-22-12-9-20(10-13-22)25-23(29-16-21(26)11-14-24(29)27-25)17-28(3)15-19-7-5-4-6-8-19/h4-14,16,18H,15,17,26H2,1-3H3. The minimum atomic E-state index is 0.149. The van der Waals surface area contributed by atoms with Gasteiger partial charge in [-0.3, -0.25) is 4.90 Å². The number of ether oxygens (including phenoxy) is 1. The Labute approximate surface area is 177 Å². The molecule has 5 heteroatoms. The SMILES string of the molecule is CC(C)Oc1ccc(-c2nc3ccc(N)cn3c2CN(C)Cc2ccccc2)cc1. The van der Waals surface area contributed by atoms with Crippen LogP contribution in [0.5, 0.6) is 5.75 Å². The van der Waals surface area contributed by atoms with E-state index in [-0.39, 0.29) is 6.10 Å². The van der Waals surface area contributed by atoms with Gasteiger partial charge >= 0.3 is 0 Å². The lowest BCUT2D eigenvalue weighted by Gasteiger charge is -2.18. The fraction of sp³-hybridized carbons (Fsp3) is 0.240. The highest BCUT2D eigenvalue weighted by Gasteiger charge is 2.16. The fourth-order valence-corrected chi connectivity index (χ4v) is 3.66. The first-order valence-electron chi connectivity index (χ1n) is 10.3. The number of nitrogens with zero attached hydrogens (tertiary/aromatic N) is 3. The smallest absolute Gasteiger partial charge is 0.137 e. The van der Waals surface area contributed by atoms with Crippen molar-refractivity contribution in [3.63, 3.8) is 0 Å². The summed E-state index contributed by atoms with van der Waals surface area (Å²) in [5, 5.41) is 0. The molecule has 0 radical (unpaired) electrons. The Morgan fingerprint density at radius 1 is 0.967 bits per heavy atom. The summed E-state index contributed by atoms with van der Waals surface area (Å²) in [7, 11) is 2.13. The van der Waals surface area contributed by atoms with Gasteiger partial charge in [0.25, 0.3) is 0 Å². The highest BCUT2D eigenvalue weighted by Crippen LogP contribution is 2.28. The topological polar surface area (TPSA) is 55.8 Å². The number of imidazole rings is 1. The van der Waals surface area contributed by atoms with Crippen LogP contribution in [0.15, 0.2) is 72.9 Å². The van der Waals surface area contributed by atoms with E-state index in [9.17, 15) is 0 Å². The highest BCUT2D eigenvalue weighted by atomic mass is 16.5. The molecule has 0 bridgehead atoms. The van der Waals surface area contributed by atoms with Gasteiger partial charge in [0, 0.05) is 30.5 Å². The zero-order chi connectivity index (χ0) is 21.1. The number of nitrogen functional groups attached to an aromatic ring is 1. The van der Waals surface area contributed by atoms with Crippen LogP contribution >= 0.6 is 0 Å². The maximum atomic E-state index is 6.08. The van der Waals surface area contributed by atoms with Gasteiger partial charge < -0.3 is 14.9 Å². The first-order valence-corrected chi connectivity index (χ1v) is 10.3. The Morgan fingerprint density at radius 3 is 2.40 bits per heavy atom. The van der Waals surface area contributed by atoms with Gasteiger partial charge in [-0.1, -0.05) is 30.3 Å². The Morgan fingerprint density at radius 2 is 1.70 bits per heavy atom. The molecule has 0 saturated heterocycles. The summed E-state index contributed by atoms with van der Waals surface area (Å²) in [6.45, 7) is 5.66. The van der Waals surface area contributed by atoms with Crippen LogP contribution in [-0.4, -0.2) is 27.4 Å². The summed E-state index contributed by atoms with van der Waals surface area (Å²) in [5.74, 6) is 0.865. The molecule has 0 atom stereocenters. The third kappa shape index (κ3) is 4.47. The zero-order valence-corrected chi connectivity index (χ0v) is 17.7. The lowest BCUT2D eigenvalue weighted by Crippen LogP contribution is -2.18. The number of rotatable bonds is 7. The Kier molecular flexibility index (Phi) is 5.72. The predicted octanol–water partition coefficient (Wildman–Crippen LogP) is 5.00. The zero-order valence-electron chi connectivity index (χ0n) is 17.7. The summed E-state index contributed by atoms with van der Waals surface area (Å²) in [4.78, 5) is 7.21. The summed E-state index contributed by atoms with van der Waals surface area (Å²) < 4.78 is 7.89. The lowest BCUT2D eigenvalue weighted by atomic mass is 10.1. The molecule has 2 heterocycles. The molecule has 0 spiro atoms. The third-order valence-electron chi connectivity index (χ3n) is 4.95. The molecule has 0 amide bonds. The number of anilines is 1. The Balaban J connectivity index is 1.69. The quantitative estimate of drug-likeness (QED) is 0.474. The van der Waals surface area contributed by atoms with Crippen LogP contribution in [-0.2, 0) is 13.1 Å². The van der Waals surface area contributed by atoms with E-state index in [0.29, 0.717) is 0 Å². The molecular weight excluding hydrogens is 372 g/mol. The van der Waals surface area contributed by atoms with E-state index in [2.05, 4.69) is 52.7 Å². The van der Waals surface area contributed by atoms with Crippen LogP contribution in [0.1, 0.15) is 25.1 Å². The van der Waals surface area contributed by atoms with Crippen molar-refractivity contribution in [1.82, 2.24) is 14.3 Å². The molecule has 2 aromatic carbocycles. The maximum absolute atomic E-state index is 6.08. The molecule has 0 aliphatic carbocycles. The molecule has 4 aromatic rings. The van der Waals surface area contributed by atoms with Crippen LogP contribution in [0.4, 0.5) is 5.69 Å². The number of pyridine rings is 1. The van der Waals surface area contributed by atoms with Crippen LogP contribution in [0.2, 0.25) is 0 Å². The second-order valence-electron chi connectivity index (χ2n) is 7.95. The van der Waals surface area contributed by atoms with E-state index in [1.807, 2.05) is 50.4 Å². The Hall–Kier alpha value is -3.31.